The molecule has 0 unspecified atom stereocenters. The molecule has 38 heavy (non-hydrogen) atoms. The molecule has 0 aliphatic rings. The molecule has 0 atom stereocenters. The Balaban J connectivity index is 1.24. The maximum atomic E-state index is 12.2. The van der Waals surface area contributed by atoms with Crippen LogP contribution in [0.1, 0.15) is 11.1 Å². The van der Waals surface area contributed by atoms with E-state index in [4.69, 9.17) is 20.0 Å². The van der Waals surface area contributed by atoms with E-state index < -0.39 is 0 Å². The maximum Gasteiger partial charge on any atom is 0.262 e. The highest BCUT2D eigenvalue weighted by Gasteiger charge is 2.07. The summed E-state index contributed by atoms with van der Waals surface area (Å²) in [5.74, 6) is 0.414. The molecule has 4 aromatic rings. The van der Waals surface area contributed by atoms with E-state index in [1.807, 2.05) is 36.4 Å². The number of nitriles is 2. The number of nitrogens with zero attached hydrogens (tertiary/aromatic N) is 2. The van der Waals surface area contributed by atoms with Gasteiger partial charge in [0.2, 0.25) is 0 Å². The van der Waals surface area contributed by atoms with E-state index in [1.165, 1.54) is 0 Å². The van der Waals surface area contributed by atoms with E-state index >= 15 is 0 Å². The lowest BCUT2D eigenvalue weighted by Gasteiger charge is -2.10. The van der Waals surface area contributed by atoms with Crippen LogP contribution in [0, 0.1) is 22.7 Å². The van der Waals surface area contributed by atoms with Crippen LogP contribution in [-0.2, 0) is 9.59 Å². The van der Waals surface area contributed by atoms with E-state index in [-0.39, 0.29) is 25.0 Å². The number of hydrogen-bond acceptors (Lipinski definition) is 6. The average Bonchev–Trinajstić information content (AvgIpc) is 2.96. The second-order valence-electron chi connectivity index (χ2n) is 8.10. The normalized spacial score (nSPS) is 9.95. The molecule has 0 radical (unpaired) electrons. The number of anilines is 2. The molecule has 8 nitrogen and oxygen atoms in total. The monoisotopic (exact) mass is 502 g/mol. The molecule has 4 rings (SSSR count). The lowest BCUT2D eigenvalue weighted by atomic mass is 10.0. The van der Waals surface area contributed by atoms with E-state index in [1.54, 1.807) is 72.8 Å². The summed E-state index contributed by atoms with van der Waals surface area (Å²) >= 11 is 0. The van der Waals surface area contributed by atoms with Crippen LogP contribution in [0.25, 0.3) is 11.1 Å². The van der Waals surface area contributed by atoms with Gasteiger partial charge in [0.1, 0.15) is 11.5 Å². The molecule has 2 amide bonds. The van der Waals surface area contributed by atoms with Gasteiger partial charge >= 0.3 is 0 Å². The van der Waals surface area contributed by atoms with Gasteiger partial charge in [0.25, 0.3) is 11.8 Å². The minimum atomic E-state index is -0.301. The third kappa shape index (κ3) is 7.20. The predicted molar refractivity (Wildman–Crippen MR) is 142 cm³/mol. The Morgan fingerprint density at radius 3 is 1.21 bits per heavy atom. The van der Waals surface area contributed by atoms with Gasteiger partial charge in [-0.3, -0.25) is 9.59 Å². The van der Waals surface area contributed by atoms with Gasteiger partial charge in [0.05, 0.1) is 23.3 Å². The second kappa shape index (κ2) is 12.4. The summed E-state index contributed by atoms with van der Waals surface area (Å²) in [6, 6.07) is 31.8. The van der Waals surface area contributed by atoms with E-state index in [0.717, 1.165) is 11.1 Å². The van der Waals surface area contributed by atoms with E-state index in [0.29, 0.717) is 34.0 Å². The molecule has 0 saturated heterocycles. The lowest BCUT2D eigenvalue weighted by molar-refractivity contribution is -0.118. The molecule has 0 saturated carbocycles. The first-order chi connectivity index (χ1) is 18.5. The van der Waals surface area contributed by atoms with Crippen molar-refractivity contribution in [1.82, 2.24) is 0 Å². The van der Waals surface area contributed by atoms with E-state index in [2.05, 4.69) is 10.6 Å². The Bertz CT molecular complexity index is 1370. The first-order valence-electron chi connectivity index (χ1n) is 11.6. The van der Waals surface area contributed by atoms with Gasteiger partial charge < -0.3 is 20.1 Å². The van der Waals surface area contributed by atoms with Crippen molar-refractivity contribution < 1.29 is 19.1 Å². The zero-order valence-electron chi connectivity index (χ0n) is 20.2. The Hall–Kier alpha value is -5.60. The van der Waals surface area contributed by atoms with Crippen LogP contribution >= 0.6 is 0 Å². The van der Waals surface area contributed by atoms with Crippen LogP contribution in [-0.4, -0.2) is 25.0 Å². The van der Waals surface area contributed by atoms with Crippen molar-refractivity contribution in [3.63, 3.8) is 0 Å². The standard InChI is InChI=1S/C30H22N4O4/c31-17-21-1-13-27(14-2-21)37-19-29(35)33-25-9-5-23(6-10-25)24-7-11-26(12-8-24)34-30(36)20-38-28-15-3-22(18-32)4-16-28/h1-16H,19-20H2,(H,33,35)(H,34,36). The molecule has 4 aromatic carbocycles. The molecule has 0 aliphatic carbocycles. The van der Waals surface area contributed by atoms with Gasteiger partial charge in [0, 0.05) is 11.4 Å². The first kappa shape index (κ1) is 25.5. The number of carbonyl (C=O) groups is 2. The van der Waals surface area contributed by atoms with Gasteiger partial charge in [-0.2, -0.15) is 10.5 Å². The minimum Gasteiger partial charge on any atom is -0.484 e. The maximum absolute atomic E-state index is 12.2. The molecular formula is C30H22N4O4. The molecule has 0 bridgehead atoms. The summed E-state index contributed by atoms with van der Waals surface area (Å²) in [4.78, 5) is 24.4. The first-order valence-corrected chi connectivity index (χ1v) is 11.6. The summed E-state index contributed by atoms with van der Waals surface area (Å²) in [5.41, 5.74) is 4.19. The van der Waals surface area contributed by atoms with Crippen LogP contribution in [0.3, 0.4) is 0 Å². The van der Waals surface area contributed by atoms with Crippen LogP contribution in [0.5, 0.6) is 11.5 Å². The van der Waals surface area contributed by atoms with Gasteiger partial charge in [-0.1, -0.05) is 24.3 Å². The largest absolute Gasteiger partial charge is 0.484 e. The summed E-state index contributed by atoms with van der Waals surface area (Å²) in [6.07, 6.45) is 0. The van der Waals surface area contributed by atoms with Crippen molar-refractivity contribution in [2.45, 2.75) is 0 Å². The number of hydrogen-bond donors (Lipinski definition) is 2. The van der Waals surface area contributed by atoms with Crippen LogP contribution in [0.2, 0.25) is 0 Å². The number of amides is 2. The number of ether oxygens (including phenoxy) is 2. The number of benzene rings is 4. The molecule has 0 aliphatic heterocycles. The predicted octanol–water partition coefficient (Wildman–Crippen LogP) is 5.13. The molecule has 2 N–H and O–H groups in total. The molecule has 0 spiro atoms. The number of carbonyl (C=O) groups excluding carboxylic acids is 2. The zero-order chi connectivity index (χ0) is 26.7. The fraction of sp³-hybridized carbons (Fsp3) is 0.0667. The molecule has 0 heterocycles. The Morgan fingerprint density at radius 1 is 0.553 bits per heavy atom. The highest BCUT2D eigenvalue weighted by Crippen LogP contribution is 2.23. The molecule has 0 fully saturated rings. The summed E-state index contributed by atoms with van der Waals surface area (Å²) < 4.78 is 10.9. The lowest BCUT2D eigenvalue weighted by Crippen LogP contribution is -2.20. The SMILES string of the molecule is N#Cc1ccc(OCC(=O)Nc2ccc(-c3ccc(NC(=O)COc4ccc(C#N)cc4)cc3)cc2)cc1. The van der Waals surface area contributed by atoms with Crippen molar-refractivity contribution in [3.05, 3.63) is 108 Å². The van der Waals surface area contributed by atoms with Gasteiger partial charge in [-0.15, -0.1) is 0 Å². The average molecular weight is 503 g/mol. The van der Waals surface area contributed by atoms with Crippen molar-refractivity contribution >= 4 is 23.2 Å². The smallest absolute Gasteiger partial charge is 0.262 e. The number of nitrogens with one attached hydrogen (secondary N) is 2. The van der Waals surface area contributed by atoms with Crippen molar-refractivity contribution in [2.75, 3.05) is 23.8 Å². The third-order valence-corrected chi connectivity index (χ3v) is 5.38. The van der Waals surface area contributed by atoms with Crippen molar-refractivity contribution in [1.29, 1.82) is 10.5 Å². The van der Waals surface area contributed by atoms with Crippen molar-refractivity contribution in [3.8, 4) is 34.8 Å². The molecule has 8 heteroatoms. The Kier molecular flexibility index (Phi) is 8.31. The Labute approximate surface area is 219 Å². The van der Waals surface area contributed by atoms with Crippen LogP contribution in [0.15, 0.2) is 97.1 Å². The highest BCUT2D eigenvalue weighted by atomic mass is 16.5. The van der Waals surface area contributed by atoms with Gasteiger partial charge in [-0.25, -0.2) is 0 Å². The summed E-state index contributed by atoms with van der Waals surface area (Å²) in [6.45, 7) is -0.307. The summed E-state index contributed by atoms with van der Waals surface area (Å²) in [5, 5.41) is 23.2. The third-order valence-electron chi connectivity index (χ3n) is 5.38. The molecule has 0 aromatic heterocycles. The fourth-order valence-electron chi connectivity index (χ4n) is 3.44. The summed E-state index contributed by atoms with van der Waals surface area (Å²) in [7, 11) is 0. The molecular weight excluding hydrogens is 480 g/mol. The van der Waals surface area contributed by atoms with Gasteiger partial charge in [-0.05, 0) is 83.9 Å². The topological polar surface area (TPSA) is 124 Å². The highest BCUT2D eigenvalue weighted by molar-refractivity contribution is 5.93. The van der Waals surface area contributed by atoms with Gasteiger partial charge in [0.15, 0.2) is 13.2 Å². The second-order valence-corrected chi connectivity index (χ2v) is 8.10. The number of rotatable bonds is 9. The van der Waals surface area contributed by atoms with Crippen LogP contribution in [0.4, 0.5) is 11.4 Å². The van der Waals surface area contributed by atoms with Crippen molar-refractivity contribution in [2.24, 2.45) is 0 Å². The van der Waals surface area contributed by atoms with E-state index in [9.17, 15) is 9.59 Å². The fourth-order valence-corrected chi connectivity index (χ4v) is 3.44. The Morgan fingerprint density at radius 2 is 0.895 bits per heavy atom. The molecule has 186 valence electrons. The zero-order valence-corrected chi connectivity index (χ0v) is 20.2. The quantitative estimate of drug-likeness (QED) is 0.327. The van der Waals surface area contributed by atoms with Crippen LogP contribution < -0.4 is 20.1 Å². The minimum absolute atomic E-state index is 0.153.